The van der Waals surface area contributed by atoms with Crippen molar-refractivity contribution in [3.05, 3.63) is 24.3 Å². The van der Waals surface area contributed by atoms with Crippen LogP contribution in [0, 0.1) is 0 Å². The van der Waals surface area contributed by atoms with Gasteiger partial charge >= 0.3 is 5.97 Å². The fourth-order valence-electron chi connectivity index (χ4n) is 11.3. The second-order valence-electron chi connectivity index (χ2n) is 24.7. The molecule has 0 amide bonds. The lowest BCUT2D eigenvalue weighted by molar-refractivity contribution is -0.332. The van der Waals surface area contributed by atoms with Crippen molar-refractivity contribution in [2.45, 2.75) is 377 Å². The summed E-state index contributed by atoms with van der Waals surface area (Å²) in [7, 11) is 0. The monoisotopic (exact) mass is 1180 g/mol. The Morgan fingerprint density at radius 2 is 0.711 bits per heavy atom. The molecule has 11 atom stereocenters. The summed E-state index contributed by atoms with van der Waals surface area (Å²) in [6, 6.07) is 0. The van der Waals surface area contributed by atoms with E-state index < -0.39 is 80.7 Å². The minimum Gasteiger partial charge on any atom is -0.457 e. The number of hydrogen-bond donors (Lipinski definition) is 7. The highest BCUT2D eigenvalue weighted by Gasteiger charge is 2.47. The number of allylic oxidation sites excluding steroid dienone is 4. The Kier molecular flexibility index (Phi) is 52.1. The number of aliphatic hydroxyl groups is 7. The van der Waals surface area contributed by atoms with Crippen LogP contribution in [0.15, 0.2) is 24.3 Å². The molecule has 0 aliphatic carbocycles. The molecule has 0 spiro atoms. The van der Waals surface area contributed by atoms with Crippen LogP contribution in [-0.4, -0.2) is 142 Å². The van der Waals surface area contributed by atoms with Gasteiger partial charge in [0.25, 0.3) is 0 Å². The van der Waals surface area contributed by atoms with Gasteiger partial charge in [-0.05, 0) is 64.2 Å². The van der Waals surface area contributed by atoms with Gasteiger partial charge < -0.3 is 64.2 Å². The van der Waals surface area contributed by atoms with Crippen molar-refractivity contribution in [3.8, 4) is 0 Å². The number of hydrogen-bond acceptors (Lipinski definition) is 14. The second kappa shape index (κ2) is 55.8. The van der Waals surface area contributed by atoms with Crippen LogP contribution in [0.25, 0.3) is 0 Å². The van der Waals surface area contributed by atoms with Crippen molar-refractivity contribution in [3.63, 3.8) is 0 Å². The first-order valence-corrected chi connectivity index (χ1v) is 34.9. The maximum Gasteiger partial charge on any atom is 0.306 e. The van der Waals surface area contributed by atoms with E-state index in [2.05, 4.69) is 38.2 Å². The molecular formula is C69H130O14. The molecule has 0 aromatic carbocycles. The van der Waals surface area contributed by atoms with Gasteiger partial charge in [0.2, 0.25) is 0 Å². The van der Waals surface area contributed by atoms with Crippen LogP contribution in [0.3, 0.4) is 0 Å². The maximum absolute atomic E-state index is 13.2. The van der Waals surface area contributed by atoms with Gasteiger partial charge in [0.1, 0.15) is 54.9 Å². The van der Waals surface area contributed by atoms with Crippen LogP contribution < -0.4 is 0 Å². The van der Waals surface area contributed by atoms with Crippen molar-refractivity contribution >= 4 is 5.97 Å². The third kappa shape index (κ3) is 41.3. The van der Waals surface area contributed by atoms with Gasteiger partial charge in [-0.15, -0.1) is 0 Å². The van der Waals surface area contributed by atoms with Gasteiger partial charge in [-0.2, -0.15) is 0 Å². The second-order valence-corrected chi connectivity index (χ2v) is 24.7. The van der Waals surface area contributed by atoms with Gasteiger partial charge in [-0.1, -0.05) is 263 Å². The van der Waals surface area contributed by atoms with Crippen LogP contribution >= 0.6 is 0 Å². The Balaban J connectivity index is 1.63. The third-order valence-corrected chi connectivity index (χ3v) is 16.9. The molecule has 0 aromatic heterocycles. The number of rotatable bonds is 59. The highest BCUT2D eigenvalue weighted by Crippen LogP contribution is 2.27. The van der Waals surface area contributed by atoms with Gasteiger partial charge in [-0.3, -0.25) is 4.79 Å². The Labute approximate surface area is 507 Å². The van der Waals surface area contributed by atoms with Crippen molar-refractivity contribution in [2.24, 2.45) is 0 Å². The Morgan fingerprint density at radius 3 is 1.10 bits per heavy atom. The molecule has 2 saturated heterocycles. The molecule has 2 aliphatic heterocycles. The molecule has 14 nitrogen and oxygen atoms in total. The van der Waals surface area contributed by atoms with E-state index in [-0.39, 0.29) is 25.6 Å². The summed E-state index contributed by atoms with van der Waals surface area (Å²) in [5.74, 6) is -0.369. The summed E-state index contributed by atoms with van der Waals surface area (Å²) >= 11 is 0. The molecule has 83 heavy (non-hydrogen) atoms. The molecule has 0 bridgehead atoms. The molecule has 2 aliphatic rings. The summed E-state index contributed by atoms with van der Waals surface area (Å²) in [6.45, 7) is 3.76. The average molecular weight is 1180 g/mol. The molecule has 0 saturated carbocycles. The van der Waals surface area contributed by atoms with E-state index in [0.717, 1.165) is 38.5 Å². The van der Waals surface area contributed by atoms with Crippen molar-refractivity contribution in [1.29, 1.82) is 0 Å². The first-order chi connectivity index (χ1) is 40.6. The fraction of sp³-hybridized carbons (Fsp3) is 0.928. The zero-order valence-electron chi connectivity index (χ0n) is 53.2. The number of esters is 1. The SMILES string of the molecule is CCCCCCCCCC/C=C\CCCCCCCCCCCCCCCC(=O)OC(COCCCCCCCCCCCCCC/C=C\CCCCCCCCCC)COC1OC(COC2OC(CO)C(O)C(O)C2O)C(O)C(O)C1O. The van der Waals surface area contributed by atoms with Crippen LogP contribution in [0.1, 0.15) is 309 Å². The van der Waals surface area contributed by atoms with Crippen LogP contribution in [0.5, 0.6) is 0 Å². The molecule has 490 valence electrons. The van der Waals surface area contributed by atoms with Gasteiger partial charge in [-0.25, -0.2) is 0 Å². The quantitative estimate of drug-likeness (QED) is 0.0171. The first-order valence-electron chi connectivity index (χ1n) is 34.9. The van der Waals surface area contributed by atoms with Gasteiger partial charge in [0.15, 0.2) is 12.6 Å². The zero-order valence-corrected chi connectivity index (χ0v) is 53.2. The molecule has 11 unspecified atom stereocenters. The average Bonchev–Trinajstić information content (AvgIpc) is 3.67. The summed E-state index contributed by atoms with van der Waals surface area (Å²) in [5, 5.41) is 72.6. The summed E-state index contributed by atoms with van der Waals surface area (Å²) in [6.07, 6.45) is 51.1. The molecule has 0 radical (unpaired) electrons. The van der Waals surface area contributed by atoms with Crippen LogP contribution in [0.4, 0.5) is 0 Å². The van der Waals surface area contributed by atoms with Crippen molar-refractivity contribution < 1.29 is 69.0 Å². The fourth-order valence-corrected chi connectivity index (χ4v) is 11.3. The lowest BCUT2D eigenvalue weighted by Crippen LogP contribution is -2.61. The maximum atomic E-state index is 13.2. The van der Waals surface area contributed by atoms with E-state index in [1.807, 2.05) is 0 Å². The molecule has 2 fully saturated rings. The van der Waals surface area contributed by atoms with Gasteiger partial charge in [0.05, 0.1) is 26.4 Å². The first kappa shape index (κ1) is 77.6. The largest absolute Gasteiger partial charge is 0.457 e. The van der Waals surface area contributed by atoms with Crippen LogP contribution in [-0.2, 0) is 33.2 Å². The Bertz CT molecular complexity index is 1470. The Hall–Kier alpha value is -1.53. The predicted molar refractivity (Wildman–Crippen MR) is 335 cm³/mol. The molecule has 2 rings (SSSR count). The van der Waals surface area contributed by atoms with Gasteiger partial charge in [0, 0.05) is 13.0 Å². The topological polar surface area (TPSA) is 214 Å². The lowest BCUT2D eigenvalue weighted by Gasteiger charge is -2.42. The number of aliphatic hydroxyl groups excluding tert-OH is 7. The van der Waals surface area contributed by atoms with Crippen molar-refractivity contribution in [1.82, 2.24) is 0 Å². The summed E-state index contributed by atoms with van der Waals surface area (Å²) in [4.78, 5) is 13.2. The third-order valence-electron chi connectivity index (χ3n) is 16.9. The summed E-state index contributed by atoms with van der Waals surface area (Å²) in [5.41, 5.74) is 0. The van der Waals surface area contributed by atoms with E-state index in [1.54, 1.807) is 0 Å². The summed E-state index contributed by atoms with van der Waals surface area (Å²) < 4.78 is 34.6. The molecule has 0 aromatic rings. The molecule has 14 heteroatoms. The number of carbonyl (C=O) groups is 1. The number of carbonyl (C=O) groups excluding carboxylic acids is 1. The van der Waals surface area contributed by atoms with E-state index in [4.69, 9.17) is 28.4 Å². The Morgan fingerprint density at radius 1 is 0.386 bits per heavy atom. The van der Waals surface area contributed by atoms with E-state index in [9.17, 15) is 40.5 Å². The number of ether oxygens (including phenoxy) is 6. The highest BCUT2D eigenvalue weighted by atomic mass is 16.7. The van der Waals surface area contributed by atoms with Crippen molar-refractivity contribution in [2.75, 3.05) is 33.0 Å². The standard InChI is InChI=1S/C69H130O14/c1-3-5-7-9-11-13-15-17-19-21-23-25-27-29-30-32-34-36-38-40-42-44-46-48-50-52-61(71)81-58(56-79-68-67(77)65(75)63(73)60(83-68)57-80-69-66(76)64(74)62(72)59(54-70)82-69)55-78-53-51-49-47-45-43-41-39-37-35-33-31-28-26-24-22-20-18-16-14-12-10-8-6-4-2/h21-24,58-60,62-70,72-77H,3-20,25-57H2,1-2H3/b23-21-,24-22-. The molecule has 2 heterocycles. The van der Waals surface area contributed by atoms with E-state index >= 15 is 0 Å². The number of unbranched alkanes of at least 4 members (excludes halogenated alkanes) is 41. The normalized spacial score (nSPS) is 23.5. The minimum atomic E-state index is -1.71. The minimum absolute atomic E-state index is 0.0660. The zero-order chi connectivity index (χ0) is 60.1. The smallest absolute Gasteiger partial charge is 0.306 e. The highest BCUT2D eigenvalue weighted by molar-refractivity contribution is 5.69. The molecule has 7 N–H and O–H groups in total. The molecular weight excluding hydrogens is 1050 g/mol. The lowest BCUT2D eigenvalue weighted by atomic mass is 9.98. The van der Waals surface area contributed by atoms with E-state index in [1.165, 1.54) is 244 Å². The van der Waals surface area contributed by atoms with E-state index in [0.29, 0.717) is 13.0 Å². The van der Waals surface area contributed by atoms with Crippen LogP contribution in [0.2, 0.25) is 0 Å². The predicted octanol–water partition coefficient (Wildman–Crippen LogP) is 14.7.